The summed E-state index contributed by atoms with van der Waals surface area (Å²) in [6.07, 6.45) is 0. The zero-order valence-electron chi connectivity index (χ0n) is 8.49. The fraction of sp³-hybridized carbons (Fsp3) is 0.222. The summed E-state index contributed by atoms with van der Waals surface area (Å²) in [7, 11) is -5.60. The van der Waals surface area contributed by atoms with Crippen LogP contribution in [0.3, 0.4) is 0 Å². The first-order valence-corrected chi connectivity index (χ1v) is 6.09. The molecule has 0 aromatic heterocycles. The largest absolute Gasteiger partial charge is 0.518 e. The van der Waals surface area contributed by atoms with E-state index in [0.717, 1.165) is 5.56 Å². The summed E-state index contributed by atoms with van der Waals surface area (Å²) < 4.78 is 60.0. The minimum absolute atomic E-state index is 0.102. The Bertz CT molecular complexity index is 534. The summed E-state index contributed by atoms with van der Waals surface area (Å²) in [5.74, 6) is 0. The van der Waals surface area contributed by atoms with E-state index in [1.165, 1.54) is 12.1 Å². The summed E-state index contributed by atoms with van der Waals surface area (Å²) in [5, 5.41) is -0.720. The SMILES string of the molecule is Cc1ccc(C(Cl)=NS(=O)(=O)C(F)(F)F)cc1. The van der Waals surface area contributed by atoms with Crippen molar-refractivity contribution in [3.05, 3.63) is 35.4 Å². The molecule has 0 aliphatic carbocycles. The minimum atomic E-state index is -5.60. The van der Waals surface area contributed by atoms with Crippen LogP contribution in [0.5, 0.6) is 0 Å². The predicted octanol–water partition coefficient (Wildman–Crippen LogP) is 2.83. The van der Waals surface area contributed by atoms with Gasteiger partial charge < -0.3 is 0 Å². The highest BCUT2D eigenvalue weighted by molar-refractivity contribution is 7.91. The lowest BCUT2D eigenvalue weighted by atomic mass is 10.2. The second kappa shape index (κ2) is 4.66. The number of aryl methyl sites for hydroxylation is 1. The van der Waals surface area contributed by atoms with Gasteiger partial charge in [-0.15, -0.1) is 4.40 Å². The van der Waals surface area contributed by atoms with Crippen molar-refractivity contribution in [2.24, 2.45) is 4.40 Å². The van der Waals surface area contributed by atoms with E-state index in [4.69, 9.17) is 11.6 Å². The molecule has 0 saturated carbocycles. The van der Waals surface area contributed by atoms with Gasteiger partial charge in [-0.05, 0) is 6.92 Å². The van der Waals surface area contributed by atoms with E-state index in [2.05, 4.69) is 4.40 Å². The average Bonchev–Trinajstić information content (AvgIpc) is 2.16. The molecule has 0 unspecified atom stereocenters. The van der Waals surface area contributed by atoms with Crippen molar-refractivity contribution in [3.63, 3.8) is 0 Å². The molecule has 1 aromatic rings. The van der Waals surface area contributed by atoms with Crippen molar-refractivity contribution in [2.45, 2.75) is 12.4 Å². The summed E-state index contributed by atoms with van der Waals surface area (Å²) in [6, 6.07) is 5.92. The Morgan fingerprint density at radius 2 is 1.71 bits per heavy atom. The van der Waals surface area contributed by atoms with E-state index in [0.29, 0.717) is 0 Å². The van der Waals surface area contributed by atoms with Crippen LogP contribution in [0.25, 0.3) is 0 Å². The molecule has 0 saturated heterocycles. The first-order valence-electron chi connectivity index (χ1n) is 4.27. The summed E-state index contributed by atoms with van der Waals surface area (Å²) in [6.45, 7) is 1.77. The number of hydrogen-bond donors (Lipinski definition) is 0. The molecular weight excluding hydrogens is 279 g/mol. The van der Waals surface area contributed by atoms with E-state index in [1.54, 1.807) is 19.1 Å². The van der Waals surface area contributed by atoms with Crippen molar-refractivity contribution in [1.29, 1.82) is 0 Å². The lowest BCUT2D eigenvalue weighted by Gasteiger charge is -2.04. The average molecular weight is 286 g/mol. The number of halogens is 4. The van der Waals surface area contributed by atoms with Gasteiger partial charge in [0.25, 0.3) is 0 Å². The van der Waals surface area contributed by atoms with Crippen LogP contribution in [0.1, 0.15) is 11.1 Å². The highest BCUT2D eigenvalue weighted by atomic mass is 35.5. The van der Waals surface area contributed by atoms with E-state index in [9.17, 15) is 21.6 Å². The maximum absolute atomic E-state index is 12.0. The maximum Gasteiger partial charge on any atom is 0.518 e. The number of benzene rings is 1. The summed E-state index contributed by atoms with van der Waals surface area (Å²) >= 11 is 5.42. The third-order valence-corrected chi connectivity index (χ3v) is 3.19. The molecule has 0 heterocycles. The molecule has 0 aliphatic rings. The van der Waals surface area contributed by atoms with Crippen LogP contribution in [0.15, 0.2) is 28.7 Å². The Balaban J connectivity index is 3.14. The van der Waals surface area contributed by atoms with Gasteiger partial charge >= 0.3 is 15.5 Å². The molecule has 1 aromatic carbocycles. The van der Waals surface area contributed by atoms with E-state index < -0.39 is 20.7 Å². The summed E-state index contributed by atoms with van der Waals surface area (Å²) in [4.78, 5) is 0. The molecule has 17 heavy (non-hydrogen) atoms. The lowest BCUT2D eigenvalue weighted by Crippen LogP contribution is -2.21. The second-order valence-electron chi connectivity index (χ2n) is 3.17. The highest BCUT2D eigenvalue weighted by Crippen LogP contribution is 2.25. The maximum atomic E-state index is 12.0. The molecule has 0 spiro atoms. The molecule has 0 bridgehead atoms. The van der Waals surface area contributed by atoms with Crippen LogP contribution in [0, 0.1) is 6.92 Å². The van der Waals surface area contributed by atoms with Crippen LogP contribution in [-0.4, -0.2) is 19.1 Å². The predicted molar refractivity (Wildman–Crippen MR) is 58.5 cm³/mol. The number of nitrogens with zero attached hydrogens (tertiary/aromatic N) is 1. The molecule has 0 amide bonds. The second-order valence-corrected chi connectivity index (χ2v) is 5.12. The molecule has 1 rings (SSSR count). The van der Waals surface area contributed by atoms with Crippen LogP contribution < -0.4 is 0 Å². The zero-order chi connectivity index (χ0) is 13.3. The molecule has 0 fully saturated rings. The van der Waals surface area contributed by atoms with Crippen LogP contribution >= 0.6 is 11.6 Å². The fourth-order valence-corrected chi connectivity index (χ4v) is 1.72. The van der Waals surface area contributed by atoms with Gasteiger partial charge in [0.15, 0.2) is 0 Å². The molecule has 94 valence electrons. The van der Waals surface area contributed by atoms with Gasteiger partial charge in [-0.2, -0.15) is 21.6 Å². The van der Waals surface area contributed by atoms with Gasteiger partial charge in [-0.25, -0.2) is 0 Å². The number of alkyl halides is 3. The zero-order valence-corrected chi connectivity index (χ0v) is 10.1. The Labute approximate surface area is 101 Å². The quantitative estimate of drug-likeness (QED) is 0.785. The standard InChI is InChI=1S/C9H7ClF3NO2S/c1-6-2-4-7(5-3-6)8(10)14-17(15,16)9(11,12)13/h2-5H,1H3. The molecule has 3 nitrogen and oxygen atoms in total. The van der Waals surface area contributed by atoms with Gasteiger partial charge in [0.1, 0.15) is 5.17 Å². The van der Waals surface area contributed by atoms with Crippen molar-refractivity contribution in [3.8, 4) is 0 Å². The van der Waals surface area contributed by atoms with E-state index in [1.807, 2.05) is 0 Å². The third kappa shape index (κ3) is 3.44. The van der Waals surface area contributed by atoms with Crippen LogP contribution in [0.2, 0.25) is 0 Å². The van der Waals surface area contributed by atoms with Gasteiger partial charge in [0, 0.05) is 5.56 Å². The van der Waals surface area contributed by atoms with Gasteiger partial charge in [0.2, 0.25) is 0 Å². The molecule has 8 heteroatoms. The fourth-order valence-electron chi connectivity index (χ4n) is 0.901. The third-order valence-electron chi connectivity index (χ3n) is 1.78. The highest BCUT2D eigenvalue weighted by Gasteiger charge is 2.46. The monoisotopic (exact) mass is 285 g/mol. The number of hydrogen-bond acceptors (Lipinski definition) is 2. The van der Waals surface area contributed by atoms with Crippen molar-refractivity contribution in [2.75, 3.05) is 0 Å². The lowest BCUT2D eigenvalue weighted by molar-refractivity contribution is -0.0435. The van der Waals surface area contributed by atoms with Gasteiger partial charge in [0.05, 0.1) is 0 Å². The smallest absolute Gasteiger partial charge is 0.195 e. The first kappa shape index (κ1) is 14.0. The Morgan fingerprint density at radius 1 is 1.24 bits per heavy atom. The van der Waals surface area contributed by atoms with Crippen molar-refractivity contribution >= 4 is 26.8 Å². The number of rotatable bonds is 2. The number of sulfonamides is 1. The topological polar surface area (TPSA) is 46.5 Å². The molecule has 0 aliphatic heterocycles. The molecule has 0 radical (unpaired) electrons. The van der Waals surface area contributed by atoms with E-state index in [-0.39, 0.29) is 5.56 Å². The van der Waals surface area contributed by atoms with Crippen LogP contribution in [-0.2, 0) is 10.0 Å². The summed E-state index contributed by atoms with van der Waals surface area (Å²) in [5.41, 5.74) is -4.49. The Hall–Kier alpha value is -1.08. The Kier molecular flexibility index (Phi) is 3.83. The van der Waals surface area contributed by atoms with Gasteiger partial charge in [-0.3, -0.25) is 0 Å². The van der Waals surface area contributed by atoms with Crippen LogP contribution in [0.4, 0.5) is 13.2 Å². The van der Waals surface area contributed by atoms with Gasteiger partial charge in [-0.1, -0.05) is 41.4 Å². The Morgan fingerprint density at radius 3 is 2.12 bits per heavy atom. The van der Waals surface area contributed by atoms with E-state index >= 15 is 0 Å². The molecular formula is C9H7ClF3NO2S. The minimum Gasteiger partial charge on any atom is -0.195 e. The van der Waals surface area contributed by atoms with Crippen molar-refractivity contribution < 1.29 is 21.6 Å². The molecule has 0 atom stereocenters. The molecule has 0 N–H and O–H groups in total. The van der Waals surface area contributed by atoms with Crippen molar-refractivity contribution in [1.82, 2.24) is 0 Å². The normalized spacial score (nSPS) is 13.8. The first-order chi connectivity index (χ1) is 7.63.